The molecule has 5 rings (SSSR count). The van der Waals surface area contributed by atoms with Gasteiger partial charge in [0.2, 0.25) is 0 Å². The lowest BCUT2D eigenvalue weighted by Gasteiger charge is -2.10. The average Bonchev–Trinajstić information content (AvgIpc) is 3.26. The van der Waals surface area contributed by atoms with Gasteiger partial charge in [-0.25, -0.2) is 19.9 Å². The number of aryl methyl sites for hydroxylation is 4. The summed E-state index contributed by atoms with van der Waals surface area (Å²) in [5.41, 5.74) is 3.75. The van der Waals surface area contributed by atoms with Gasteiger partial charge in [0.25, 0.3) is 5.88 Å². The molecule has 0 fully saturated rings. The van der Waals surface area contributed by atoms with Crippen molar-refractivity contribution in [3.8, 4) is 17.4 Å². The molecule has 0 saturated carbocycles. The van der Waals surface area contributed by atoms with Gasteiger partial charge in [-0.2, -0.15) is 4.68 Å². The molecule has 0 aliphatic rings. The van der Waals surface area contributed by atoms with Crippen LogP contribution in [0.2, 0.25) is 0 Å². The van der Waals surface area contributed by atoms with E-state index in [1.54, 1.807) is 18.9 Å². The maximum atomic E-state index is 5.35. The minimum atomic E-state index is 0.431. The normalized spacial score (nSPS) is 11.1. The van der Waals surface area contributed by atoms with Crippen LogP contribution in [0.4, 0.5) is 0 Å². The number of nitrogens with zero attached hydrogens (tertiary/aromatic N) is 7. The van der Waals surface area contributed by atoms with Crippen molar-refractivity contribution in [1.82, 2.24) is 34.7 Å². The highest BCUT2D eigenvalue weighted by molar-refractivity contribution is 5.78. The molecule has 0 aliphatic carbocycles. The van der Waals surface area contributed by atoms with E-state index in [1.807, 2.05) is 50.2 Å². The summed E-state index contributed by atoms with van der Waals surface area (Å²) in [6.45, 7) is 3.75. The lowest BCUT2D eigenvalue weighted by Crippen LogP contribution is -2.10. The van der Waals surface area contributed by atoms with Gasteiger partial charge >= 0.3 is 0 Å². The fraction of sp³-hybridized carbons (Fsp3) is 0.259. The highest BCUT2D eigenvalue weighted by Crippen LogP contribution is 2.25. The van der Waals surface area contributed by atoms with Crippen molar-refractivity contribution in [3.05, 3.63) is 89.2 Å². The summed E-state index contributed by atoms with van der Waals surface area (Å²) >= 11 is 0. The monoisotopic (exact) mass is 481 g/mol. The Morgan fingerprint density at radius 3 is 2.36 bits per heavy atom. The molecule has 182 valence electrons. The van der Waals surface area contributed by atoms with Crippen LogP contribution in [0, 0.1) is 13.8 Å². The maximum Gasteiger partial charge on any atom is 0.256 e. The van der Waals surface area contributed by atoms with Gasteiger partial charge in [0, 0.05) is 22.8 Å². The molecule has 36 heavy (non-hydrogen) atoms. The summed E-state index contributed by atoms with van der Waals surface area (Å²) in [6, 6.07) is 18.0. The van der Waals surface area contributed by atoms with Gasteiger partial charge in [-0.05, 0) is 51.0 Å². The first-order valence-corrected chi connectivity index (χ1v) is 11.7. The predicted molar refractivity (Wildman–Crippen MR) is 136 cm³/mol. The summed E-state index contributed by atoms with van der Waals surface area (Å²) in [4.78, 5) is 23.3. The first-order valence-electron chi connectivity index (χ1n) is 11.7. The molecule has 0 unspecified atom stereocenters. The van der Waals surface area contributed by atoms with Crippen molar-refractivity contribution in [1.29, 1.82) is 0 Å². The Bertz CT molecular complexity index is 1530. The van der Waals surface area contributed by atoms with Gasteiger partial charge in [-0.3, -0.25) is 4.98 Å². The second-order valence-corrected chi connectivity index (χ2v) is 8.44. The molecule has 0 bridgehead atoms. The van der Waals surface area contributed by atoms with Crippen molar-refractivity contribution in [2.24, 2.45) is 0 Å². The van der Waals surface area contributed by atoms with E-state index >= 15 is 0 Å². The second kappa shape index (κ2) is 10.1. The Kier molecular flexibility index (Phi) is 6.53. The molecule has 0 atom stereocenters. The van der Waals surface area contributed by atoms with Crippen LogP contribution in [0.1, 0.15) is 34.6 Å². The third-order valence-electron chi connectivity index (χ3n) is 5.80. The van der Waals surface area contributed by atoms with Crippen molar-refractivity contribution < 1.29 is 9.47 Å². The van der Waals surface area contributed by atoms with E-state index in [4.69, 9.17) is 14.5 Å². The number of benzene rings is 1. The molecule has 0 amide bonds. The van der Waals surface area contributed by atoms with Gasteiger partial charge in [0.1, 0.15) is 17.5 Å². The van der Waals surface area contributed by atoms with Crippen molar-refractivity contribution in [2.45, 2.75) is 33.1 Å². The van der Waals surface area contributed by atoms with Gasteiger partial charge in [0.05, 0.1) is 31.9 Å². The van der Waals surface area contributed by atoms with Crippen LogP contribution in [0.25, 0.3) is 16.7 Å². The summed E-state index contributed by atoms with van der Waals surface area (Å²) < 4.78 is 12.4. The number of hydrogen-bond donors (Lipinski definition) is 0. The molecular weight excluding hydrogens is 454 g/mol. The molecule has 0 saturated heterocycles. The number of hydrogen-bond acceptors (Lipinski definition) is 8. The first kappa shape index (κ1) is 23.3. The van der Waals surface area contributed by atoms with Crippen LogP contribution < -0.4 is 9.47 Å². The van der Waals surface area contributed by atoms with Crippen LogP contribution in [0.3, 0.4) is 0 Å². The first-order chi connectivity index (χ1) is 17.5. The van der Waals surface area contributed by atoms with Crippen LogP contribution in [0.5, 0.6) is 11.6 Å². The molecule has 9 nitrogen and oxygen atoms in total. The topological polar surface area (TPSA) is 101 Å². The van der Waals surface area contributed by atoms with Crippen LogP contribution in [-0.4, -0.2) is 48.9 Å². The van der Waals surface area contributed by atoms with Gasteiger partial charge in [-0.15, -0.1) is 5.10 Å². The molecule has 0 aliphatic heterocycles. The van der Waals surface area contributed by atoms with Crippen molar-refractivity contribution in [3.63, 3.8) is 0 Å². The smallest absolute Gasteiger partial charge is 0.256 e. The zero-order chi connectivity index (χ0) is 25.1. The highest BCUT2D eigenvalue weighted by atomic mass is 16.5. The maximum absolute atomic E-state index is 5.35. The predicted octanol–water partition coefficient (Wildman–Crippen LogP) is 4.01. The zero-order valence-corrected chi connectivity index (χ0v) is 20.8. The second-order valence-electron chi connectivity index (χ2n) is 8.44. The quantitative estimate of drug-likeness (QED) is 0.328. The third kappa shape index (κ3) is 5.00. The van der Waals surface area contributed by atoms with Crippen LogP contribution >= 0.6 is 0 Å². The fourth-order valence-electron chi connectivity index (χ4n) is 4.14. The number of para-hydroxylation sites is 1. The van der Waals surface area contributed by atoms with E-state index in [0.717, 1.165) is 46.7 Å². The lowest BCUT2D eigenvalue weighted by atomic mass is 10.1. The van der Waals surface area contributed by atoms with Crippen molar-refractivity contribution >= 4 is 10.9 Å². The summed E-state index contributed by atoms with van der Waals surface area (Å²) in [7, 11) is 3.16. The Labute approximate surface area is 209 Å². The van der Waals surface area contributed by atoms with E-state index in [-0.39, 0.29) is 0 Å². The number of ether oxygens (including phenoxy) is 2. The van der Waals surface area contributed by atoms with Gasteiger partial charge < -0.3 is 9.47 Å². The largest absolute Gasteiger partial charge is 0.491 e. The minimum Gasteiger partial charge on any atom is -0.491 e. The molecule has 0 spiro atoms. The number of rotatable bonds is 8. The van der Waals surface area contributed by atoms with E-state index in [9.17, 15) is 0 Å². The standard InChI is InChI=1S/C27H27N7O2/c1-17-28-21(12-11-20-10-9-19-7-5-6-8-23(19)31-20)15-25(29-17)34-26(30-18(2)33-34)16-22-13-14-24(35-3)27(32-22)36-4/h5-10,13-15H,11-12,16H2,1-4H3. The van der Waals surface area contributed by atoms with Gasteiger partial charge in [0.15, 0.2) is 11.6 Å². The number of aromatic nitrogens is 7. The SMILES string of the molecule is COc1ccc(Cc2nc(C)nn2-c2cc(CCc3ccc4ccccc4n3)nc(C)n2)nc1OC. The summed E-state index contributed by atoms with van der Waals surface area (Å²) in [6.07, 6.45) is 1.97. The Hall–Kier alpha value is -4.40. The Morgan fingerprint density at radius 2 is 1.53 bits per heavy atom. The molecule has 4 aromatic heterocycles. The highest BCUT2D eigenvalue weighted by Gasteiger charge is 2.15. The molecule has 0 radical (unpaired) electrons. The van der Waals surface area contributed by atoms with E-state index in [2.05, 4.69) is 43.2 Å². The molecule has 0 N–H and O–H groups in total. The van der Waals surface area contributed by atoms with E-state index in [0.29, 0.717) is 35.5 Å². The molecular formula is C27H27N7O2. The number of fused-ring (bicyclic) bond motifs is 1. The zero-order valence-electron chi connectivity index (χ0n) is 20.8. The van der Waals surface area contributed by atoms with Crippen LogP contribution in [-0.2, 0) is 19.3 Å². The third-order valence-corrected chi connectivity index (χ3v) is 5.80. The Morgan fingerprint density at radius 1 is 0.722 bits per heavy atom. The number of pyridine rings is 2. The van der Waals surface area contributed by atoms with E-state index < -0.39 is 0 Å². The van der Waals surface area contributed by atoms with Gasteiger partial charge in [-0.1, -0.05) is 24.3 Å². The lowest BCUT2D eigenvalue weighted by molar-refractivity contribution is 0.342. The molecule has 4 heterocycles. The number of methoxy groups -OCH3 is 2. The van der Waals surface area contributed by atoms with E-state index in [1.165, 1.54) is 0 Å². The fourth-order valence-corrected chi connectivity index (χ4v) is 4.14. The minimum absolute atomic E-state index is 0.431. The summed E-state index contributed by atoms with van der Waals surface area (Å²) in [5, 5.41) is 5.75. The molecule has 9 heteroatoms. The van der Waals surface area contributed by atoms with Crippen molar-refractivity contribution in [2.75, 3.05) is 14.2 Å². The summed E-state index contributed by atoms with van der Waals surface area (Å²) in [5.74, 6) is 3.75. The molecule has 5 aromatic rings. The Balaban J connectivity index is 1.40. The average molecular weight is 482 g/mol. The van der Waals surface area contributed by atoms with Crippen LogP contribution in [0.15, 0.2) is 54.6 Å². The molecule has 1 aromatic carbocycles.